The van der Waals surface area contributed by atoms with Gasteiger partial charge in [0.05, 0.1) is 23.8 Å². The average Bonchev–Trinajstić information content (AvgIpc) is 2.96. The van der Waals surface area contributed by atoms with Crippen LogP contribution < -0.4 is 4.74 Å². The molecule has 0 aromatic heterocycles. The molecule has 26 heavy (non-hydrogen) atoms. The topological polar surface area (TPSA) is 68.1 Å². The predicted octanol–water partition coefficient (Wildman–Crippen LogP) is 4.45. The van der Waals surface area contributed by atoms with Gasteiger partial charge in [-0.25, -0.2) is 0 Å². The number of carbonyl (C=O) groups is 1. The van der Waals surface area contributed by atoms with Crippen molar-refractivity contribution in [3.8, 4) is 11.5 Å². The first-order valence-electron chi connectivity index (χ1n) is 8.72. The number of carbonyl (C=O) groups excluding carboxylic acids is 1. The Kier molecular flexibility index (Phi) is 8.15. The van der Waals surface area contributed by atoms with Crippen molar-refractivity contribution < 1.29 is 19.4 Å². The third-order valence-corrected chi connectivity index (χ3v) is 4.90. The number of ether oxygens (including phenoxy) is 2. The van der Waals surface area contributed by atoms with Crippen LogP contribution in [0, 0.1) is 0 Å². The highest BCUT2D eigenvalue weighted by Crippen LogP contribution is 2.37. The summed E-state index contributed by atoms with van der Waals surface area (Å²) in [6.07, 6.45) is 0.737. The highest BCUT2D eigenvalue weighted by molar-refractivity contribution is 8.14. The minimum Gasteiger partial charge on any atom is -0.504 e. The van der Waals surface area contributed by atoms with E-state index in [1.807, 2.05) is 53.5 Å². The van der Waals surface area contributed by atoms with E-state index in [1.54, 1.807) is 17.8 Å². The zero-order valence-electron chi connectivity index (χ0n) is 16.7. The fourth-order valence-corrected chi connectivity index (χ4v) is 3.40. The van der Waals surface area contributed by atoms with Gasteiger partial charge in [-0.3, -0.25) is 4.99 Å². The summed E-state index contributed by atoms with van der Waals surface area (Å²) < 4.78 is 11.9. The smallest absolute Gasteiger partial charge is 0.167 e. The summed E-state index contributed by atoms with van der Waals surface area (Å²) in [5, 5.41) is 11.5. The Morgan fingerprint density at radius 2 is 1.92 bits per heavy atom. The average molecular weight is 382 g/mol. The van der Waals surface area contributed by atoms with Crippen molar-refractivity contribution >= 4 is 23.6 Å². The number of para-hydroxylation sites is 1. The van der Waals surface area contributed by atoms with E-state index in [-0.39, 0.29) is 11.4 Å². The maximum Gasteiger partial charge on any atom is 0.167 e. The summed E-state index contributed by atoms with van der Waals surface area (Å²) in [4.78, 5) is 12.6. The molecular formula is C20H31NO4S. The standard InChI is InChI=1S/C19H29NO3S.CH2O/c1-13-12-24-17(20-13)14-8-7-9-15(16(14)21)23-19(5,6)10-11-22-18(2,3)4;1-2/h7-9,13,21H,10-12H2,1-6H3;1H2/t13-;/m0./s1. The molecule has 1 atom stereocenters. The molecule has 0 radical (unpaired) electrons. The molecule has 1 aromatic rings. The molecule has 0 amide bonds. The van der Waals surface area contributed by atoms with Crippen LogP contribution in [0.1, 0.15) is 53.5 Å². The Labute approximate surface area is 161 Å². The number of nitrogens with zero attached hydrogens (tertiary/aromatic N) is 1. The molecule has 0 fully saturated rings. The minimum absolute atomic E-state index is 0.160. The normalized spacial score (nSPS) is 17.3. The summed E-state index contributed by atoms with van der Waals surface area (Å²) in [6, 6.07) is 5.88. The van der Waals surface area contributed by atoms with Gasteiger partial charge >= 0.3 is 0 Å². The van der Waals surface area contributed by atoms with Gasteiger partial charge in [-0.2, -0.15) is 0 Å². The molecule has 0 unspecified atom stereocenters. The summed E-state index contributed by atoms with van der Waals surface area (Å²) in [6.45, 7) is 14.8. The van der Waals surface area contributed by atoms with Gasteiger partial charge in [0.25, 0.3) is 0 Å². The Morgan fingerprint density at radius 1 is 1.27 bits per heavy atom. The summed E-state index contributed by atoms with van der Waals surface area (Å²) in [5.41, 5.74) is 0.162. The van der Waals surface area contributed by atoms with Crippen LogP contribution in [0.5, 0.6) is 11.5 Å². The van der Waals surface area contributed by atoms with E-state index in [2.05, 4.69) is 11.9 Å². The van der Waals surface area contributed by atoms with Crippen LogP contribution in [0.15, 0.2) is 23.2 Å². The van der Waals surface area contributed by atoms with E-state index in [0.717, 1.165) is 22.8 Å². The zero-order valence-corrected chi connectivity index (χ0v) is 17.5. The molecule has 0 aliphatic carbocycles. The van der Waals surface area contributed by atoms with Gasteiger partial charge in [0, 0.05) is 12.2 Å². The first kappa shape index (κ1) is 22.5. The molecule has 146 valence electrons. The van der Waals surface area contributed by atoms with E-state index < -0.39 is 5.60 Å². The van der Waals surface area contributed by atoms with Crippen LogP contribution in [0.25, 0.3) is 0 Å². The highest BCUT2D eigenvalue weighted by atomic mass is 32.2. The zero-order chi connectivity index (χ0) is 20.0. The van der Waals surface area contributed by atoms with Crippen molar-refractivity contribution in [1.29, 1.82) is 0 Å². The third kappa shape index (κ3) is 7.00. The lowest BCUT2D eigenvalue weighted by molar-refractivity contribution is -0.0980. The maximum atomic E-state index is 10.6. The number of aliphatic imine (C=N–C) groups is 1. The Balaban J connectivity index is 0.00000163. The second-order valence-electron chi connectivity index (χ2n) is 7.82. The number of hydrogen-bond acceptors (Lipinski definition) is 6. The molecule has 0 bridgehead atoms. The first-order valence-corrected chi connectivity index (χ1v) is 9.71. The predicted molar refractivity (Wildman–Crippen MR) is 109 cm³/mol. The number of phenolic OH excluding ortho intramolecular Hbond substituents is 1. The number of aromatic hydroxyl groups is 1. The van der Waals surface area contributed by atoms with Crippen molar-refractivity contribution in [3.05, 3.63) is 23.8 Å². The third-order valence-electron chi connectivity index (χ3n) is 3.65. The molecule has 1 heterocycles. The molecule has 1 aliphatic heterocycles. The van der Waals surface area contributed by atoms with Crippen molar-refractivity contribution in [1.82, 2.24) is 0 Å². The lowest BCUT2D eigenvalue weighted by Gasteiger charge is -2.29. The second kappa shape index (κ2) is 9.42. The van der Waals surface area contributed by atoms with Crippen molar-refractivity contribution in [2.24, 2.45) is 4.99 Å². The van der Waals surface area contributed by atoms with Gasteiger partial charge in [-0.15, -0.1) is 11.8 Å². The van der Waals surface area contributed by atoms with E-state index in [1.165, 1.54) is 0 Å². The summed E-state index contributed by atoms with van der Waals surface area (Å²) in [5.74, 6) is 1.62. The van der Waals surface area contributed by atoms with Crippen molar-refractivity contribution in [3.63, 3.8) is 0 Å². The van der Waals surface area contributed by atoms with E-state index in [0.29, 0.717) is 18.4 Å². The van der Waals surface area contributed by atoms with Crippen LogP contribution >= 0.6 is 11.8 Å². The quantitative estimate of drug-likeness (QED) is 0.788. The van der Waals surface area contributed by atoms with E-state index in [4.69, 9.17) is 14.3 Å². The fourth-order valence-electron chi connectivity index (χ4n) is 2.35. The van der Waals surface area contributed by atoms with Crippen LogP contribution in [-0.2, 0) is 9.53 Å². The van der Waals surface area contributed by atoms with E-state index >= 15 is 0 Å². The van der Waals surface area contributed by atoms with E-state index in [9.17, 15) is 5.11 Å². The molecule has 0 spiro atoms. The maximum absolute atomic E-state index is 10.6. The Bertz CT molecular complexity index is 623. The van der Waals surface area contributed by atoms with Gasteiger partial charge in [0.1, 0.15) is 17.4 Å². The van der Waals surface area contributed by atoms with Crippen LogP contribution in [0.3, 0.4) is 0 Å². The fraction of sp³-hybridized carbons (Fsp3) is 0.600. The largest absolute Gasteiger partial charge is 0.504 e. The molecule has 1 aliphatic rings. The summed E-state index contributed by atoms with van der Waals surface area (Å²) >= 11 is 1.68. The number of thioether (sulfide) groups is 1. The van der Waals surface area contributed by atoms with Gasteiger partial charge < -0.3 is 19.4 Å². The van der Waals surface area contributed by atoms with Crippen LogP contribution in [0.2, 0.25) is 0 Å². The highest BCUT2D eigenvalue weighted by Gasteiger charge is 2.25. The van der Waals surface area contributed by atoms with Crippen molar-refractivity contribution in [2.45, 2.75) is 65.2 Å². The molecule has 0 saturated heterocycles. The molecular weight excluding hydrogens is 350 g/mol. The minimum atomic E-state index is -0.431. The molecule has 5 nitrogen and oxygen atoms in total. The Hall–Kier alpha value is -1.53. The number of phenols is 1. The number of benzene rings is 1. The molecule has 1 N–H and O–H groups in total. The Morgan fingerprint density at radius 3 is 2.46 bits per heavy atom. The van der Waals surface area contributed by atoms with Crippen molar-refractivity contribution in [2.75, 3.05) is 12.4 Å². The number of rotatable bonds is 6. The number of hydrogen-bond donors (Lipinski definition) is 1. The van der Waals surface area contributed by atoms with Crippen LogP contribution in [0.4, 0.5) is 0 Å². The van der Waals surface area contributed by atoms with Gasteiger partial charge in [-0.1, -0.05) is 6.07 Å². The van der Waals surface area contributed by atoms with Gasteiger partial charge in [0.15, 0.2) is 11.5 Å². The first-order chi connectivity index (χ1) is 12.1. The van der Waals surface area contributed by atoms with Gasteiger partial charge in [0.2, 0.25) is 0 Å². The SMILES string of the molecule is C=O.C[C@H]1CSC(c2cccc(OC(C)(C)CCOC(C)(C)C)c2O)=N1. The molecule has 6 heteroatoms. The monoisotopic (exact) mass is 381 g/mol. The molecule has 0 saturated carbocycles. The summed E-state index contributed by atoms with van der Waals surface area (Å²) in [7, 11) is 0. The second-order valence-corrected chi connectivity index (χ2v) is 8.83. The lowest BCUT2D eigenvalue weighted by atomic mass is 10.1. The molecule has 1 aromatic carbocycles. The molecule has 2 rings (SSSR count). The lowest BCUT2D eigenvalue weighted by Crippen LogP contribution is -2.32. The van der Waals surface area contributed by atoms with Crippen LogP contribution in [-0.4, -0.2) is 46.5 Å². The van der Waals surface area contributed by atoms with Gasteiger partial charge in [-0.05, 0) is 53.7 Å².